The number of hydrogen-bond acceptors (Lipinski definition) is 6. The smallest absolute Gasteiger partial charge is 0.231 e. The molecule has 2 heterocycles. The fourth-order valence-corrected chi connectivity index (χ4v) is 4.45. The van der Waals surface area contributed by atoms with Gasteiger partial charge in [-0.3, -0.25) is 9.52 Å². The Morgan fingerprint density at radius 2 is 1.89 bits per heavy atom. The fourth-order valence-electron chi connectivity index (χ4n) is 2.91. The van der Waals surface area contributed by atoms with E-state index in [-0.39, 0.29) is 11.8 Å². The Balaban J connectivity index is 1.37. The third kappa shape index (κ3) is 4.04. The van der Waals surface area contributed by atoms with Gasteiger partial charge in [0, 0.05) is 18.8 Å². The number of benzene rings is 2. The maximum absolute atomic E-state index is 12.4. The first kappa shape index (κ1) is 17.7. The Morgan fingerprint density at radius 1 is 1.15 bits per heavy atom. The normalized spacial score (nSPS) is 14.8. The molecular weight excluding hydrogens is 384 g/mol. The molecular formula is C18H18N4O3S2. The summed E-state index contributed by atoms with van der Waals surface area (Å²) in [4.78, 5) is 19.1. The van der Waals surface area contributed by atoms with Crippen LogP contribution >= 0.6 is 11.3 Å². The number of carbonyl (C=O) groups is 1. The van der Waals surface area contributed by atoms with Gasteiger partial charge in [-0.15, -0.1) is 0 Å². The molecule has 0 unspecified atom stereocenters. The molecule has 0 atom stereocenters. The molecule has 1 saturated heterocycles. The zero-order valence-corrected chi connectivity index (χ0v) is 16.2. The number of nitrogens with one attached hydrogen (secondary N) is 2. The zero-order valence-electron chi connectivity index (χ0n) is 14.5. The molecule has 3 aromatic rings. The maximum Gasteiger partial charge on any atom is 0.231 e. The van der Waals surface area contributed by atoms with Crippen molar-refractivity contribution in [3.63, 3.8) is 0 Å². The highest BCUT2D eigenvalue weighted by Crippen LogP contribution is 2.33. The summed E-state index contributed by atoms with van der Waals surface area (Å²) < 4.78 is 26.2. The van der Waals surface area contributed by atoms with Gasteiger partial charge in [-0.1, -0.05) is 29.5 Å². The number of nitrogens with zero attached hydrogens (tertiary/aromatic N) is 2. The molecule has 0 radical (unpaired) electrons. The van der Waals surface area contributed by atoms with Crippen LogP contribution < -0.4 is 14.9 Å². The van der Waals surface area contributed by atoms with Gasteiger partial charge >= 0.3 is 0 Å². The van der Waals surface area contributed by atoms with Gasteiger partial charge in [0.05, 0.1) is 28.1 Å². The summed E-state index contributed by atoms with van der Waals surface area (Å²) in [6.45, 7) is 1.24. The van der Waals surface area contributed by atoms with Crippen LogP contribution in [-0.4, -0.2) is 38.7 Å². The van der Waals surface area contributed by atoms with Crippen molar-refractivity contribution in [2.24, 2.45) is 5.92 Å². The number of amides is 1. The summed E-state index contributed by atoms with van der Waals surface area (Å²) in [5, 5.41) is 3.78. The molecule has 7 nitrogen and oxygen atoms in total. The molecule has 2 aromatic carbocycles. The third-order valence-corrected chi connectivity index (χ3v) is 5.94. The molecule has 1 aromatic heterocycles. The largest absolute Gasteiger partial charge is 0.346 e. The molecule has 0 bridgehead atoms. The van der Waals surface area contributed by atoms with Crippen molar-refractivity contribution >= 4 is 54.0 Å². The highest BCUT2D eigenvalue weighted by Gasteiger charge is 2.34. The van der Waals surface area contributed by atoms with Gasteiger partial charge in [0.2, 0.25) is 15.9 Å². The van der Waals surface area contributed by atoms with Gasteiger partial charge in [-0.25, -0.2) is 13.4 Å². The Morgan fingerprint density at radius 3 is 2.63 bits per heavy atom. The Kier molecular flexibility index (Phi) is 4.48. The first-order valence-corrected chi connectivity index (χ1v) is 11.1. The number of carbonyl (C=O) groups excluding carboxylic acids is 1. The molecule has 1 aliphatic heterocycles. The van der Waals surface area contributed by atoms with E-state index in [4.69, 9.17) is 0 Å². The molecule has 0 saturated carbocycles. The van der Waals surface area contributed by atoms with Crippen LogP contribution in [0.15, 0.2) is 48.5 Å². The SMILES string of the molecule is CS(=O)(=O)Nc1cccc(NC(=O)C2CN(c3nc4ccccc4s3)C2)c1. The summed E-state index contributed by atoms with van der Waals surface area (Å²) in [7, 11) is -3.36. The van der Waals surface area contributed by atoms with Gasteiger partial charge < -0.3 is 10.2 Å². The number of anilines is 3. The van der Waals surface area contributed by atoms with Crippen LogP contribution in [0.2, 0.25) is 0 Å². The van der Waals surface area contributed by atoms with Crippen LogP contribution in [0.5, 0.6) is 0 Å². The second kappa shape index (κ2) is 6.82. The van der Waals surface area contributed by atoms with E-state index in [9.17, 15) is 13.2 Å². The van der Waals surface area contributed by atoms with E-state index in [1.54, 1.807) is 35.6 Å². The summed E-state index contributed by atoms with van der Waals surface area (Å²) in [5.41, 5.74) is 1.95. The second-order valence-electron chi connectivity index (χ2n) is 6.51. The highest BCUT2D eigenvalue weighted by atomic mass is 32.2. The number of rotatable bonds is 5. The van der Waals surface area contributed by atoms with Crippen molar-refractivity contribution < 1.29 is 13.2 Å². The summed E-state index contributed by atoms with van der Waals surface area (Å²) >= 11 is 1.62. The lowest BCUT2D eigenvalue weighted by Gasteiger charge is -2.37. The lowest BCUT2D eigenvalue weighted by Crippen LogP contribution is -2.52. The van der Waals surface area contributed by atoms with E-state index in [0.29, 0.717) is 24.5 Å². The van der Waals surface area contributed by atoms with Crippen molar-refractivity contribution in [1.82, 2.24) is 4.98 Å². The van der Waals surface area contributed by atoms with Crippen LogP contribution in [0, 0.1) is 5.92 Å². The molecule has 9 heteroatoms. The highest BCUT2D eigenvalue weighted by molar-refractivity contribution is 7.92. The quantitative estimate of drug-likeness (QED) is 0.685. The predicted octanol–water partition coefficient (Wildman–Crippen LogP) is 2.74. The summed E-state index contributed by atoms with van der Waals surface area (Å²) in [6, 6.07) is 14.6. The molecule has 1 fully saturated rings. The second-order valence-corrected chi connectivity index (χ2v) is 9.27. The molecule has 1 amide bonds. The van der Waals surface area contributed by atoms with Crippen molar-refractivity contribution in [2.75, 3.05) is 34.3 Å². The van der Waals surface area contributed by atoms with E-state index >= 15 is 0 Å². The van der Waals surface area contributed by atoms with E-state index in [1.165, 1.54) is 0 Å². The third-order valence-electron chi connectivity index (χ3n) is 4.24. The Bertz CT molecular complexity index is 1070. The van der Waals surface area contributed by atoms with Crippen LogP contribution in [0.1, 0.15) is 0 Å². The number of para-hydroxylation sites is 1. The van der Waals surface area contributed by atoms with Crippen LogP contribution in [-0.2, 0) is 14.8 Å². The average Bonchev–Trinajstić information content (AvgIpc) is 2.95. The van der Waals surface area contributed by atoms with Crippen LogP contribution in [0.3, 0.4) is 0 Å². The minimum absolute atomic E-state index is 0.0798. The van der Waals surface area contributed by atoms with E-state index < -0.39 is 10.0 Å². The predicted molar refractivity (Wildman–Crippen MR) is 109 cm³/mol. The standard InChI is InChI=1S/C18H18N4O3S2/c1-27(24,25)21-14-6-4-5-13(9-14)19-17(23)12-10-22(11-12)18-20-15-7-2-3-8-16(15)26-18/h2-9,12,21H,10-11H2,1H3,(H,19,23). The molecule has 4 rings (SSSR count). The van der Waals surface area contributed by atoms with Crippen molar-refractivity contribution in [3.05, 3.63) is 48.5 Å². The Hall–Kier alpha value is -2.65. The molecule has 140 valence electrons. The van der Waals surface area contributed by atoms with Gasteiger partial charge in [0.15, 0.2) is 5.13 Å². The van der Waals surface area contributed by atoms with E-state index in [0.717, 1.165) is 21.6 Å². The zero-order chi connectivity index (χ0) is 19.0. The van der Waals surface area contributed by atoms with Crippen molar-refractivity contribution in [1.29, 1.82) is 0 Å². The molecule has 27 heavy (non-hydrogen) atoms. The van der Waals surface area contributed by atoms with Crippen molar-refractivity contribution in [3.8, 4) is 0 Å². The first-order valence-electron chi connectivity index (χ1n) is 8.37. The number of hydrogen-bond donors (Lipinski definition) is 2. The monoisotopic (exact) mass is 402 g/mol. The van der Waals surface area contributed by atoms with Crippen LogP contribution in [0.25, 0.3) is 10.2 Å². The number of thiazole rings is 1. The van der Waals surface area contributed by atoms with Crippen molar-refractivity contribution in [2.45, 2.75) is 0 Å². The number of fused-ring (bicyclic) bond motifs is 1. The van der Waals surface area contributed by atoms with E-state index in [2.05, 4.69) is 19.9 Å². The lowest BCUT2D eigenvalue weighted by atomic mass is 10.00. The molecule has 0 aliphatic carbocycles. The topological polar surface area (TPSA) is 91.4 Å². The maximum atomic E-state index is 12.4. The first-order chi connectivity index (χ1) is 12.9. The minimum Gasteiger partial charge on any atom is -0.346 e. The number of sulfonamides is 1. The molecule has 2 N–H and O–H groups in total. The van der Waals surface area contributed by atoms with Gasteiger partial charge in [-0.2, -0.15) is 0 Å². The van der Waals surface area contributed by atoms with Gasteiger partial charge in [0.1, 0.15) is 0 Å². The molecule has 1 aliphatic rings. The minimum atomic E-state index is -3.36. The lowest BCUT2D eigenvalue weighted by molar-refractivity contribution is -0.120. The fraction of sp³-hybridized carbons (Fsp3) is 0.222. The molecule has 0 spiro atoms. The van der Waals surface area contributed by atoms with Gasteiger partial charge in [-0.05, 0) is 30.3 Å². The average molecular weight is 403 g/mol. The summed E-state index contributed by atoms with van der Waals surface area (Å²) in [5.74, 6) is -0.201. The number of aromatic nitrogens is 1. The van der Waals surface area contributed by atoms with Gasteiger partial charge in [0.25, 0.3) is 0 Å². The van der Waals surface area contributed by atoms with Crippen LogP contribution in [0.4, 0.5) is 16.5 Å². The summed E-state index contributed by atoms with van der Waals surface area (Å²) in [6.07, 6.45) is 1.09. The van der Waals surface area contributed by atoms with E-state index in [1.807, 2.05) is 24.3 Å². The Labute approximate surface area is 161 Å².